The van der Waals surface area contributed by atoms with Crippen molar-refractivity contribution in [2.45, 2.75) is 51.0 Å². The van der Waals surface area contributed by atoms with Crippen LogP contribution in [0.15, 0.2) is 90.3 Å². The van der Waals surface area contributed by atoms with Crippen LogP contribution in [-0.4, -0.2) is 28.5 Å². The highest BCUT2D eigenvalue weighted by Crippen LogP contribution is 2.41. The van der Waals surface area contributed by atoms with Gasteiger partial charge in [-0.3, -0.25) is 5.32 Å². The van der Waals surface area contributed by atoms with Gasteiger partial charge in [-0.1, -0.05) is 42.5 Å². The number of urea groups is 1. The Balaban J connectivity index is 1.87. The minimum atomic E-state index is -5.00. The van der Waals surface area contributed by atoms with Gasteiger partial charge in [-0.2, -0.15) is 5.10 Å². The summed E-state index contributed by atoms with van der Waals surface area (Å²) in [6.07, 6.45) is -5.80. The number of carbonyl (C=O) groups is 1. The molecular formula is C28H26F6N4O3. The van der Waals surface area contributed by atoms with Gasteiger partial charge in [0.2, 0.25) is 0 Å². The molecule has 0 fully saturated rings. The molecule has 0 bridgehead atoms. The smallest absolute Gasteiger partial charge is 0.406 e. The quantitative estimate of drug-likeness (QED) is 0.263. The van der Waals surface area contributed by atoms with E-state index in [1.54, 1.807) is 36.4 Å². The molecule has 3 aromatic rings. The van der Waals surface area contributed by atoms with Gasteiger partial charge in [0, 0.05) is 19.0 Å². The van der Waals surface area contributed by atoms with Gasteiger partial charge < -0.3 is 14.8 Å². The average molecular weight is 581 g/mol. The van der Waals surface area contributed by atoms with Gasteiger partial charge in [-0.05, 0) is 60.8 Å². The number of alkyl halides is 6. The number of ether oxygens (including phenoxy) is 2. The molecule has 2 N–H and O–H groups in total. The third kappa shape index (κ3) is 7.83. The number of rotatable bonds is 9. The number of allylic oxidation sites excluding steroid dienone is 2. The van der Waals surface area contributed by atoms with Crippen LogP contribution in [0.1, 0.15) is 30.9 Å². The summed E-state index contributed by atoms with van der Waals surface area (Å²) in [5.41, 5.74) is -0.530. The van der Waals surface area contributed by atoms with Crippen molar-refractivity contribution < 1.29 is 40.6 Å². The Bertz CT molecular complexity index is 1420. The van der Waals surface area contributed by atoms with Crippen molar-refractivity contribution in [2.24, 2.45) is 0 Å². The maximum atomic E-state index is 13.5. The van der Waals surface area contributed by atoms with Crippen molar-refractivity contribution >= 4 is 11.8 Å². The Morgan fingerprint density at radius 1 is 0.976 bits per heavy atom. The van der Waals surface area contributed by atoms with E-state index >= 15 is 0 Å². The molecule has 0 aliphatic heterocycles. The Kier molecular flexibility index (Phi) is 8.64. The zero-order valence-corrected chi connectivity index (χ0v) is 21.7. The third-order valence-electron chi connectivity index (χ3n) is 6.31. The normalized spacial score (nSPS) is 15.3. The molecule has 0 saturated carbocycles. The van der Waals surface area contributed by atoms with E-state index < -0.39 is 35.8 Å². The number of nitrogens with one attached hydrogen (secondary N) is 2. The number of halogens is 6. The van der Waals surface area contributed by atoms with Crippen LogP contribution in [0, 0.1) is 0 Å². The molecule has 0 radical (unpaired) electrons. The van der Waals surface area contributed by atoms with Crippen molar-refractivity contribution in [3.63, 3.8) is 0 Å². The number of hydrogen-bond acceptors (Lipinski definition) is 4. The average Bonchev–Trinajstić information content (AvgIpc) is 3.34. The van der Waals surface area contributed by atoms with Gasteiger partial charge in [0.25, 0.3) is 0 Å². The minimum Gasteiger partial charge on any atom is -0.406 e. The van der Waals surface area contributed by atoms with Crippen molar-refractivity contribution in [1.29, 1.82) is 0 Å². The van der Waals surface area contributed by atoms with Gasteiger partial charge in [-0.15, -0.1) is 26.3 Å². The predicted molar refractivity (Wildman–Crippen MR) is 138 cm³/mol. The van der Waals surface area contributed by atoms with Crippen molar-refractivity contribution in [3.8, 4) is 5.75 Å². The van der Waals surface area contributed by atoms with Crippen LogP contribution in [0.4, 0.5) is 37.0 Å². The first kappa shape index (κ1) is 29.6. The molecule has 13 heteroatoms. The van der Waals surface area contributed by atoms with E-state index in [1.807, 2.05) is 6.92 Å². The van der Waals surface area contributed by atoms with E-state index in [2.05, 4.69) is 25.2 Å². The first-order valence-corrected chi connectivity index (χ1v) is 12.5. The molecule has 41 heavy (non-hydrogen) atoms. The first-order chi connectivity index (χ1) is 19.4. The fourth-order valence-electron chi connectivity index (χ4n) is 4.70. The fraction of sp³-hybridized carbons (Fsp3) is 0.286. The lowest BCUT2D eigenvalue weighted by molar-refractivity contribution is -0.303. The molecule has 1 aliphatic rings. The maximum Gasteiger partial charge on any atom is 0.573 e. The fourth-order valence-corrected chi connectivity index (χ4v) is 4.70. The Hall–Kier alpha value is -4.42. The van der Waals surface area contributed by atoms with Gasteiger partial charge in [0.15, 0.2) is 0 Å². The molecular weight excluding hydrogens is 554 g/mol. The van der Waals surface area contributed by atoms with Gasteiger partial charge in [-0.25, -0.2) is 9.48 Å². The Morgan fingerprint density at radius 2 is 1.71 bits per heavy atom. The van der Waals surface area contributed by atoms with E-state index in [1.165, 1.54) is 29.1 Å². The summed E-state index contributed by atoms with van der Waals surface area (Å²) in [5, 5.41) is 9.65. The molecule has 1 aromatic heterocycles. The molecule has 4 rings (SSSR count). The molecule has 7 nitrogen and oxygen atoms in total. The number of hydrogen-bond donors (Lipinski definition) is 2. The van der Waals surface area contributed by atoms with Crippen LogP contribution < -0.4 is 15.4 Å². The standard InChI is InChI=1S/C28H26F6N4O3/c1-2-38-24(14-15-35-38)36-25(39)37-26(18-19-8-4-3-5-9-19,20-10-6-12-22(16-20)40-27(29,30)31)21-11-7-13-23(17-21)41-28(32,33)34/h3-6,8-10,12-17H,2,7,11,18H2,1H3,(H2,36,37,39). The van der Waals surface area contributed by atoms with Crippen LogP contribution >= 0.6 is 0 Å². The lowest BCUT2D eigenvalue weighted by atomic mass is 9.74. The van der Waals surface area contributed by atoms with Gasteiger partial charge in [0.1, 0.15) is 17.3 Å². The number of carbonyl (C=O) groups excluding carboxylic acids is 1. The first-order valence-electron chi connectivity index (χ1n) is 12.5. The monoisotopic (exact) mass is 580 g/mol. The topological polar surface area (TPSA) is 77.4 Å². The number of benzene rings is 2. The molecule has 218 valence electrons. The van der Waals surface area contributed by atoms with Crippen LogP contribution in [0.3, 0.4) is 0 Å². The molecule has 1 atom stereocenters. The second-order valence-electron chi connectivity index (χ2n) is 9.12. The minimum absolute atomic E-state index is 0.0189. The number of nitrogens with zero attached hydrogens (tertiary/aromatic N) is 2. The zero-order chi connectivity index (χ0) is 29.7. The van der Waals surface area contributed by atoms with E-state index in [9.17, 15) is 31.1 Å². The van der Waals surface area contributed by atoms with Crippen molar-refractivity contribution in [3.05, 3.63) is 101 Å². The second kappa shape index (κ2) is 12.0. The molecule has 0 saturated heterocycles. The summed E-state index contributed by atoms with van der Waals surface area (Å²) in [6.45, 7) is 2.24. The van der Waals surface area contributed by atoms with E-state index in [-0.39, 0.29) is 30.4 Å². The summed E-state index contributed by atoms with van der Waals surface area (Å²) in [6, 6.07) is 14.5. The van der Waals surface area contributed by atoms with Crippen molar-refractivity contribution in [2.75, 3.05) is 5.32 Å². The lowest BCUT2D eigenvalue weighted by Crippen LogP contribution is -2.51. The number of anilines is 1. The number of aryl methyl sites for hydroxylation is 1. The molecule has 1 unspecified atom stereocenters. The largest absolute Gasteiger partial charge is 0.573 e. The SMILES string of the molecule is CCn1nccc1NC(=O)NC(Cc1ccccc1)(C1=CC(OC(F)(F)F)=CCC1)c1cccc(OC(F)(F)F)c1. The lowest BCUT2D eigenvalue weighted by Gasteiger charge is -2.39. The summed E-state index contributed by atoms with van der Waals surface area (Å²) in [4.78, 5) is 13.5. The Labute approximate surface area is 231 Å². The van der Waals surface area contributed by atoms with Crippen LogP contribution in [-0.2, 0) is 23.2 Å². The van der Waals surface area contributed by atoms with Gasteiger partial charge >= 0.3 is 18.8 Å². The summed E-state index contributed by atoms with van der Waals surface area (Å²) >= 11 is 0. The second-order valence-corrected chi connectivity index (χ2v) is 9.12. The third-order valence-corrected chi connectivity index (χ3v) is 6.31. The summed E-state index contributed by atoms with van der Waals surface area (Å²) < 4.78 is 88.6. The van der Waals surface area contributed by atoms with E-state index in [0.717, 1.165) is 18.2 Å². The van der Waals surface area contributed by atoms with E-state index in [4.69, 9.17) is 0 Å². The molecule has 1 aliphatic carbocycles. The van der Waals surface area contributed by atoms with E-state index in [0.29, 0.717) is 17.9 Å². The van der Waals surface area contributed by atoms with Crippen LogP contribution in [0.25, 0.3) is 0 Å². The Morgan fingerprint density at radius 3 is 2.39 bits per heavy atom. The summed E-state index contributed by atoms with van der Waals surface area (Å²) in [7, 11) is 0. The zero-order valence-electron chi connectivity index (χ0n) is 21.7. The van der Waals surface area contributed by atoms with Gasteiger partial charge in [0.05, 0.1) is 11.7 Å². The van der Waals surface area contributed by atoms with Crippen LogP contribution in [0.5, 0.6) is 5.75 Å². The molecule has 2 amide bonds. The van der Waals surface area contributed by atoms with Crippen LogP contribution in [0.2, 0.25) is 0 Å². The highest BCUT2D eigenvalue weighted by molar-refractivity contribution is 5.89. The maximum absolute atomic E-state index is 13.5. The highest BCUT2D eigenvalue weighted by atomic mass is 19.4. The number of aromatic nitrogens is 2. The summed E-state index contributed by atoms with van der Waals surface area (Å²) in [5.74, 6) is -0.714. The highest BCUT2D eigenvalue weighted by Gasteiger charge is 2.41. The predicted octanol–water partition coefficient (Wildman–Crippen LogP) is 7.20. The molecule has 2 aromatic carbocycles. The number of amides is 2. The van der Waals surface area contributed by atoms with Crippen molar-refractivity contribution in [1.82, 2.24) is 15.1 Å². The molecule has 1 heterocycles. The molecule has 0 spiro atoms.